The Morgan fingerprint density at radius 2 is 1.71 bits per heavy atom. The minimum absolute atomic E-state index is 0.701. The van der Waals surface area contributed by atoms with Gasteiger partial charge >= 0.3 is 0 Å². The van der Waals surface area contributed by atoms with E-state index < -0.39 is 0 Å². The number of aromatic nitrogens is 1. The normalized spacial score (nSPS) is 24.3. The van der Waals surface area contributed by atoms with Crippen LogP contribution in [0.15, 0.2) is 41.5 Å². The van der Waals surface area contributed by atoms with E-state index in [4.69, 9.17) is 5.10 Å². The van der Waals surface area contributed by atoms with Gasteiger partial charge < -0.3 is 0 Å². The van der Waals surface area contributed by atoms with Crippen molar-refractivity contribution < 1.29 is 0 Å². The first-order valence-corrected chi connectivity index (χ1v) is 9.58. The Kier molecular flexibility index (Phi) is 4.77. The first-order valence-electron chi connectivity index (χ1n) is 9.58. The zero-order valence-corrected chi connectivity index (χ0v) is 14.4. The van der Waals surface area contributed by atoms with Gasteiger partial charge in [-0.25, -0.2) is 4.98 Å². The molecule has 1 N–H and O–H groups in total. The molecule has 2 aliphatic carbocycles. The van der Waals surface area contributed by atoms with Crippen LogP contribution in [0.5, 0.6) is 0 Å². The van der Waals surface area contributed by atoms with E-state index in [1.807, 2.05) is 18.2 Å². The van der Waals surface area contributed by atoms with E-state index in [9.17, 15) is 0 Å². The Balaban J connectivity index is 1.51. The quantitative estimate of drug-likeness (QED) is 0.728. The molecule has 1 aromatic heterocycles. The molecule has 1 atom stereocenters. The summed E-state index contributed by atoms with van der Waals surface area (Å²) in [5.74, 6) is 2.42. The van der Waals surface area contributed by atoms with Gasteiger partial charge in [0.2, 0.25) is 0 Å². The molecule has 0 spiro atoms. The Morgan fingerprint density at radius 3 is 2.62 bits per heavy atom. The van der Waals surface area contributed by atoms with Crippen LogP contribution in [0.1, 0.15) is 57.8 Å². The molecule has 0 saturated heterocycles. The molecule has 2 saturated carbocycles. The van der Waals surface area contributed by atoms with Gasteiger partial charge in [0, 0.05) is 17.0 Å². The Hall–Kier alpha value is -1.90. The molecule has 2 fully saturated rings. The minimum Gasteiger partial charge on any atom is -0.261 e. The Labute approximate surface area is 144 Å². The zero-order valence-electron chi connectivity index (χ0n) is 14.4. The van der Waals surface area contributed by atoms with Gasteiger partial charge in [-0.15, -0.1) is 0 Å². The summed E-state index contributed by atoms with van der Waals surface area (Å²) in [5, 5.41) is 6.00. The number of anilines is 1. The lowest BCUT2D eigenvalue weighted by Gasteiger charge is -2.33. The van der Waals surface area contributed by atoms with Crippen molar-refractivity contribution in [3.8, 4) is 0 Å². The smallest absolute Gasteiger partial charge is 0.146 e. The van der Waals surface area contributed by atoms with Crippen LogP contribution in [-0.2, 0) is 0 Å². The molecule has 0 aliphatic heterocycles. The molecule has 4 rings (SSSR count). The maximum absolute atomic E-state index is 4.82. The van der Waals surface area contributed by atoms with Crippen LogP contribution >= 0.6 is 0 Å². The lowest BCUT2D eigenvalue weighted by atomic mass is 9.72. The maximum Gasteiger partial charge on any atom is 0.146 e. The number of hydrogen-bond acceptors (Lipinski definition) is 3. The van der Waals surface area contributed by atoms with Crippen LogP contribution in [0, 0.1) is 11.8 Å². The first-order chi connectivity index (χ1) is 11.9. The molecule has 3 nitrogen and oxygen atoms in total. The van der Waals surface area contributed by atoms with Gasteiger partial charge in [0.05, 0.1) is 5.52 Å². The predicted molar refractivity (Wildman–Crippen MR) is 101 cm³/mol. The number of para-hydroxylation sites is 1. The van der Waals surface area contributed by atoms with Crippen molar-refractivity contribution in [2.75, 3.05) is 5.43 Å². The van der Waals surface area contributed by atoms with Crippen LogP contribution in [0.25, 0.3) is 10.9 Å². The molecule has 0 bridgehead atoms. The first kappa shape index (κ1) is 15.6. The highest BCUT2D eigenvalue weighted by molar-refractivity contribution is 5.88. The largest absolute Gasteiger partial charge is 0.261 e. The fraction of sp³-hybridized carbons (Fsp3) is 0.524. The average molecular weight is 321 g/mol. The Bertz CT molecular complexity index is 716. The second-order valence-electron chi connectivity index (χ2n) is 7.35. The summed E-state index contributed by atoms with van der Waals surface area (Å²) in [6.45, 7) is 0. The topological polar surface area (TPSA) is 37.3 Å². The van der Waals surface area contributed by atoms with Gasteiger partial charge in [-0.3, -0.25) is 5.43 Å². The van der Waals surface area contributed by atoms with Crippen molar-refractivity contribution in [1.82, 2.24) is 4.98 Å². The van der Waals surface area contributed by atoms with E-state index in [1.165, 1.54) is 62.5 Å². The summed E-state index contributed by atoms with van der Waals surface area (Å²) < 4.78 is 0. The van der Waals surface area contributed by atoms with E-state index >= 15 is 0 Å². The summed E-state index contributed by atoms with van der Waals surface area (Å²) in [6.07, 6.45) is 12.2. The predicted octanol–water partition coefficient (Wildman–Crippen LogP) is 5.77. The standard InChI is InChI=1S/C21H27N3/c1-2-8-16(9-3-1)18-11-5-7-13-20(18)23-24-21-15-14-17-10-4-6-12-19(17)22-21/h4,6,10,12,14-16,18H,1-3,5,7-9,11,13H2,(H,22,24)/b23-20+/t18-/m1/s1. The molecule has 24 heavy (non-hydrogen) atoms. The van der Waals surface area contributed by atoms with E-state index in [0.717, 1.165) is 23.7 Å². The van der Waals surface area contributed by atoms with Crippen molar-refractivity contribution in [3.63, 3.8) is 0 Å². The van der Waals surface area contributed by atoms with Crippen molar-refractivity contribution in [1.29, 1.82) is 0 Å². The van der Waals surface area contributed by atoms with Crippen molar-refractivity contribution >= 4 is 22.4 Å². The van der Waals surface area contributed by atoms with Gasteiger partial charge in [-0.05, 0) is 56.2 Å². The van der Waals surface area contributed by atoms with Crippen LogP contribution < -0.4 is 5.43 Å². The molecule has 0 unspecified atom stereocenters. The van der Waals surface area contributed by atoms with Crippen molar-refractivity contribution in [2.24, 2.45) is 16.9 Å². The highest BCUT2D eigenvalue weighted by Gasteiger charge is 2.29. The van der Waals surface area contributed by atoms with Crippen LogP contribution in [-0.4, -0.2) is 10.7 Å². The monoisotopic (exact) mass is 321 g/mol. The number of benzene rings is 1. The summed E-state index contributed by atoms with van der Waals surface area (Å²) in [6, 6.07) is 12.4. The third-order valence-electron chi connectivity index (χ3n) is 5.76. The fourth-order valence-electron chi connectivity index (χ4n) is 4.46. The third kappa shape index (κ3) is 3.45. The highest BCUT2D eigenvalue weighted by Crippen LogP contribution is 2.37. The summed E-state index contributed by atoms with van der Waals surface area (Å²) in [4.78, 5) is 4.68. The molecular formula is C21H27N3. The molecular weight excluding hydrogens is 294 g/mol. The van der Waals surface area contributed by atoms with E-state index in [0.29, 0.717) is 5.92 Å². The second-order valence-corrected chi connectivity index (χ2v) is 7.35. The number of hydrazone groups is 1. The Morgan fingerprint density at radius 1 is 0.875 bits per heavy atom. The van der Waals surface area contributed by atoms with Crippen molar-refractivity contribution in [3.05, 3.63) is 36.4 Å². The van der Waals surface area contributed by atoms with E-state index in [2.05, 4.69) is 28.6 Å². The fourth-order valence-corrected chi connectivity index (χ4v) is 4.46. The molecule has 1 aromatic carbocycles. The molecule has 1 heterocycles. The molecule has 0 radical (unpaired) electrons. The number of nitrogens with zero attached hydrogens (tertiary/aromatic N) is 2. The number of rotatable bonds is 3. The van der Waals surface area contributed by atoms with Crippen LogP contribution in [0.4, 0.5) is 5.82 Å². The van der Waals surface area contributed by atoms with Crippen LogP contribution in [0.3, 0.4) is 0 Å². The lowest BCUT2D eigenvalue weighted by Crippen LogP contribution is -2.29. The summed E-state index contributed by atoms with van der Waals surface area (Å²) in [7, 11) is 0. The average Bonchev–Trinajstić information content (AvgIpc) is 2.67. The van der Waals surface area contributed by atoms with Gasteiger partial charge in [0.15, 0.2) is 0 Å². The zero-order chi connectivity index (χ0) is 16.2. The molecule has 2 aromatic rings. The third-order valence-corrected chi connectivity index (χ3v) is 5.76. The lowest BCUT2D eigenvalue weighted by molar-refractivity contribution is 0.274. The number of fused-ring (bicyclic) bond motifs is 1. The number of pyridine rings is 1. The van der Waals surface area contributed by atoms with Crippen molar-refractivity contribution in [2.45, 2.75) is 57.8 Å². The molecule has 0 amide bonds. The van der Waals surface area contributed by atoms with Crippen LogP contribution in [0.2, 0.25) is 0 Å². The van der Waals surface area contributed by atoms with E-state index in [1.54, 1.807) is 0 Å². The van der Waals surface area contributed by atoms with Gasteiger partial charge in [-0.2, -0.15) is 5.10 Å². The van der Waals surface area contributed by atoms with Gasteiger partial charge in [-0.1, -0.05) is 43.9 Å². The van der Waals surface area contributed by atoms with Gasteiger partial charge in [0.1, 0.15) is 5.82 Å². The second kappa shape index (κ2) is 7.33. The molecule has 2 aliphatic rings. The minimum atomic E-state index is 0.701. The SMILES string of the molecule is c1ccc2nc(N/N=C3\CCCC[C@@H]3C3CCCCC3)ccc2c1. The number of nitrogens with one attached hydrogen (secondary N) is 1. The maximum atomic E-state index is 4.82. The summed E-state index contributed by atoms with van der Waals surface area (Å²) >= 11 is 0. The molecule has 126 valence electrons. The van der Waals surface area contributed by atoms with E-state index in [-0.39, 0.29) is 0 Å². The summed E-state index contributed by atoms with van der Waals surface area (Å²) in [5.41, 5.74) is 5.67. The number of hydrogen-bond donors (Lipinski definition) is 1. The molecule has 3 heteroatoms. The van der Waals surface area contributed by atoms with Gasteiger partial charge in [0.25, 0.3) is 0 Å². The highest BCUT2D eigenvalue weighted by atomic mass is 15.3.